The van der Waals surface area contributed by atoms with Crippen molar-refractivity contribution in [1.82, 2.24) is 0 Å². The molecule has 0 heterocycles. The largest absolute Gasteiger partial charge is 0.414 e. The minimum Gasteiger partial charge on any atom is -0.384 e. The van der Waals surface area contributed by atoms with Gasteiger partial charge in [0.1, 0.15) is 0 Å². The number of rotatable bonds is 2. The molecular weight excluding hydrogens is 219 g/mol. The van der Waals surface area contributed by atoms with E-state index in [1.165, 1.54) is 0 Å². The maximum Gasteiger partial charge on any atom is 0.414 e. The second-order valence-electron chi connectivity index (χ2n) is 4.27. The molecule has 0 fully saturated rings. The molecule has 6 heteroatoms. The minimum absolute atomic E-state index is 0. The molecule has 0 aromatic carbocycles. The molecule has 14 heavy (non-hydrogen) atoms. The molecule has 2 nitrogen and oxygen atoms in total. The second kappa shape index (κ2) is 5.19. The number of aliphatic hydroxyl groups excluding tert-OH is 1. The summed E-state index contributed by atoms with van der Waals surface area (Å²) >= 11 is 0. The van der Waals surface area contributed by atoms with Crippen molar-refractivity contribution >= 4 is 12.4 Å². The third kappa shape index (κ3) is 5.67. The van der Waals surface area contributed by atoms with Crippen LogP contribution in [0.3, 0.4) is 0 Å². The maximum absolute atomic E-state index is 11.9. The van der Waals surface area contributed by atoms with E-state index in [-0.39, 0.29) is 12.4 Å². The first kappa shape index (κ1) is 16.4. The topological polar surface area (TPSA) is 46.2 Å². The van der Waals surface area contributed by atoms with Crippen LogP contribution in [-0.4, -0.2) is 23.4 Å². The highest BCUT2D eigenvalue weighted by molar-refractivity contribution is 5.85. The highest BCUT2D eigenvalue weighted by Gasteiger charge is 2.40. The van der Waals surface area contributed by atoms with Gasteiger partial charge >= 0.3 is 6.18 Å². The van der Waals surface area contributed by atoms with Crippen LogP contribution in [0.4, 0.5) is 13.2 Å². The fourth-order valence-electron chi connectivity index (χ4n) is 0.728. The van der Waals surface area contributed by atoms with E-state index in [0.717, 1.165) is 0 Å². The Morgan fingerprint density at radius 2 is 1.57 bits per heavy atom. The zero-order valence-corrected chi connectivity index (χ0v) is 9.25. The van der Waals surface area contributed by atoms with Gasteiger partial charge in [0.2, 0.25) is 0 Å². The smallest absolute Gasteiger partial charge is 0.384 e. The Hall–Kier alpha value is -0.0000000000000000555. The number of halogens is 4. The van der Waals surface area contributed by atoms with Crippen LogP contribution in [0.15, 0.2) is 0 Å². The summed E-state index contributed by atoms with van der Waals surface area (Å²) in [6, 6.07) is -0.663. The molecule has 2 atom stereocenters. The summed E-state index contributed by atoms with van der Waals surface area (Å²) in [5, 5.41) is 8.71. The lowest BCUT2D eigenvalue weighted by molar-refractivity contribution is -0.207. The van der Waals surface area contributed by atoms with E-state index in [0.29, 0.717) is 0 Å². The molecule has 3 N–H and O–H groups in total. The molecule has 0 bridgehead atoms. The van der Waals surface area contributed by atoms with E-state index in [1.807, 2.05) is 0 Å². The lowest BCUT2D eigenvalue weighted by atomic mass is 9.84. The Kier molecular flexibility index (Phi) is 6.09. The molecule has 88 valence electrons. The van der Waals surface area contributed by atoms with Gasteiger partial charge in [0.15, 0.2) is 6.10 Å². The third-order valence-electron chi connectivity index (χ3n) is 1.97. The van der Waals surface area contributed by atoms with E-state index >= 15 is 0 Å². The van der Waals surface area contributed by atoms with E-state index in [2.05, 4.69) is 0 Å². The Labute approximate surface area is 88.1 Å². The Morgan fingerprint density at radius 1 is 1.21 bits per heavy atom. The number of aliphatic hydroxyl groups is 1. The quantitative estimate of drug-likeness (QED) is 0.770. The summed E-state index contributed by atoms with van der Waals surface area (Å²) < 4.78 is 35.7. The average Bonchev–Trinajstić information content (AvgIpc) is 1.82. The van der Waals surface area contributed by atoms with Crippen molar-refractivity contribution < 1.29 is 18.3 Å². The number of nitrogens with two attached hydrogens (primary N) is 1. The Morgan fingerprint density at radius 3 is 1.79 bits per heavy atom. The summed E-state index contributed by atoms with van der Waals surface area (Å²) in [4.78, 5) is 0. The van der Waals surface area contributed by atoms with Crippen molar-refractivity contribution in [3.63, 3.8) is 0 Å². The molecule has 0 amide bonds. The van der Waals surface area contributed by atoms with Gasteiger partial charge in [0, 0.05) is 6.04 Å². The van der Waals surface area contributed by atoms with Crippen LogP contribution in [-0.2, 0) is 0 Å². The predicted molar refractivity (Wildman–Crippen MR) is 51.4 cm³/mol. The summed E-state index contributed by atoms with van der Waals surface area (Å²) in [5.74, 6) is 0. The molecule has 0 radical (unpaired) electrons. The van der Waals surface area contributed by atoms with Crippen LogP contribution in [0.1, 0.15) is 27.2 Å². The molecular formula is C8H17ClF3NO. The predicted octanol–water partition coefficient (Wildman–Crippen LogP) is 2.09. The first-order chi connectivity index (χ1) is 5.55. The van der Waals surface area contributed by atoms with Crippen molar-refractivity contribution in [2.24, 2.45) is 11.1 Å². The molecule has 0 aromatic rings. The standard InChI is InChI=1S/C8H16F3NO.ClH/c1-7(2,3)5(12)4-6(13)8(9,10)11;/h5-6,13H,4,12H2,1-3H3;1H/t5-,6+;/m1./s1. The van der Waals surface area contributed by atoms with E-state index in [9.17, 15) is 13.2 Å². The van der Waals surface area contributed by atoms with Gasteiger partial charge in [-0.1, -0.05) is 20.8 Å². The van der Waals surface area contributed by atoms with Gasteiger partial charge in [-0.15, -0.1) is 12.4 Å². The van der Waals surface area contributed by atoms with Crippen molar-refractivity contribution in [1.29, 1.82) is 0 Å². The molecule has 0 aliphatic rings. The van der Waals surface area contributed by atoms with Gasteiger partial charge in [0.05, 0.1) is 0 Å². The van der Waals surface area contributed by atoms with E-state index < -0.39 is 30.2 Å². The Bertz CT molecular complexity index is 149. The molecule has 0 aliphatic carbocycles. The van der Waals surface area contributed by atoms with Crippen LogP contribution in [0.5, 0.6) is 0 Å². The summed E-state index contributed by atoms with van der Waals surface area (Å²) in [5.41, 5.74) is 5.06. The van der Waals surface area contributed by atoms with Gasteiger partial charge in [-0.05, 0) is 11.8 Å². The minimum atomic E-state index is -4.57. The first-order valence-corrected chi connectivity index (χ1v) is 4.05. The maximum atomic E-state index is 11.9. The van der Waals surface area contributed by atoms with Crippen molar-refractivity contribution in [2.45, 2.75) is 45.5 Å². The van der Waals surface area contributed by atoms with Gasteiger partial charge < -0.3 is 10.8 Å². The second-order valence-corrected chi connectivity index (χ2v) is 4.27. The fourth-order valence-corrected chi connectivity index (χ4v) is 0.728. The van der Waals surface area contributed by atoms with Crippen molar-refractivity contribution in [3.8, 4) is 0 Å². The lowest BCUT2D eigenvalue weighted by Gasteiger charge is -2.29. The third-order valence-corrected chi connectivity index (χ3v) is 1.97. The Balaban J connectivity index is 0. The van der Waals surface area contributed by atoms with Crippen molar-refractivity contribution in [3.05, 3.63) is 0 Å². The molecule has 0 aromatic heterocycles. The average molecular weight is 236 g/mol. The molecule has 0 saturated carbocycles. The van der Waals surface area contributed by atoms with Crippen LogP contribution in [0, 0.1) is 5.41 Å². The van der Waals surface area contributed by atoms with Crippen LogP contribution < -0.4 is 5.73 Å². The van der Waals surface area contributed by atoms with E-state index in [4.69, 9.17) is 10.8 Å². The summed E-state index contributed by atoms with van der Waals surface area (Å²) in [6.07, 6.45) is -7.34. The monoisotopic (exact) mass is 235 g/mol. The SMILES string of the molecule is CC(C)(C)[C@H](N)C[C@H](O)C(F)(F)F.Cl. The molecule has 0 spiro atoms. The van der Waals surface area contributed by atoms with Gasteiger partial charge in [-0.25, -0.2) is 0 Å². The normalized spacial score (nSPS) is 17.1. The molecule has 0 rings (SSSR count). The van der Waals surface area contributed by atoms with Crippen molar-refractivity contribution in [2.75, 3.05) is 0 Å². The summed E-state index contributed by atoms with van der Waals surface area (Å²) in [6.45, 7) is 5.21. The summed E-state index contributed by atoms with van der Waals surface area (Å²) in [7, 11) is 0. The fraction of sp³-hybridized carbons (Fsp3) is 1.00. The molecule has 0 saturated heterocycles. The van der Waals surface area contributed by atoms with Gasteiger partial charge in [-0.3, -0.25) is 0 Å². The zero-order valence-electron chi connectivity index (χ0n) is 8.43. The molecule has 0 aliphatic heterocycles. The van der Waals surface area contributed by atoms with Gasteiger partial charge in [0.25, 0.3) is 0 Å². The van der Waals surface area contributed by atoms with Crippen LogP contribution in [0.2, 0.25) is 0 Å². The highest BCUT2D eigenvalue weighted by atomic mass is 35.5. The highest BCUT2D eigenvalue weighted by Crippen LogP contribution is 2.27. The lowest BCUT2D eigenvalue weighted by Crippen LogP contribution is -2.42. The zero-order chi connectivity index (χ0) is 10.9. The molecule has 0 unspecified atom stereocenters. The number of hydrogen-bond donors (Lipinski definition) is 2. The first-order valence-electron chi connectivity index (χ1n) is 4.05. The van der Waals surface area contributed by atoms with Gasteiger partial charge in [-0.2, -0.15) is 13.2 Å². The van der Waals surface area contributed by atoms with Crippen LogP contribution >= 0.6 is 12.4 Å². The number of hydrogen-bond acceptors (Lipinski definition) is 2. The van der Waals surface area contributed by atoms with Crippen LogP contribution in [0.25, 0.3) is 0 Å². The number of alkyl halides is 3. The van der Waals surface area contributed by atoms with E-state index in [1.54, 1.807) is 20.8 Å².